The van der Waals surface area contributed by atoms with Crippen molar-refractivity contribution in [3.63, 3.8) is 0 Å². The second-order valence-electron chi connectivity index (χ2n) is 5.35. The molecule has 2 nitrogen and oxygen atoms in total. The highest BCUT2D eigenvalue weighted by molar-refractivity contribution is 5.86. The van der Waals surface area contributed by atoms with E-state index < -0.39 is 0 Å². The van der Waals surface area contributed by atoms with Crippen LogP contribution in [-0.4, -0.2) is 18.4 Å². The molecule has 102 valence electrons. The largest absolute Gasteiger partial charge is 0.507 e. The molecule has 0 atom stereocenters. The number of rotatable bonds is 1. The van der Waals surface area contributed by atoms with Gasteiger partial charge in [-0.05, 0) is 47.9 Å². The number of aryl methyl sites for hydroxylation is 4. The third-order valence-electron chi connectivity index (χ3n) is 4.04. The van der Waals surface area contributed by atoms with E-state index in [9.17, 15) is 5.11 Å². The molecule has 4 bridgehead atoms. The van der Waals surface area contributed by atoms with E-state index in [1.807, 2.05) is 0 Å². The highest BCUT2D eigenvalue weighted by Gasteiger charge is 2.12. The molecule has 20 heavy (non-hydrogen) atoms. The van der Waals surface area contributed by atoms with Crippen LogP contribution in [0.25, 0.3) is 0 Å². The molecular formula is C18H19NO. The summed E-state index contributed by atoms with van der Waals surface area (Å²) < 4.78 is 0. The fraction of sp³-hybridized carbons (Fsp3) is 0.278. The quantitative estimate of drug-likeness (QED) is 0.788. The number of benzene rings is 2. The lowest BCUT2D eigenvalue weighted by Crippen LogP contribution is -2.02. The van der Waals surface area contributed by atoms with Crippen molar-refractivity contribution in [2.45, 2.75) is 25.7 Å². The highest BCUT2D eigenvalue weighted by Crippen LogP contribution is 2.28. The van der Waals surface area contributed by atoms with Gasteiger partial charge in [0.2, 0.25) is 0 Å². The van der Waals surface area contributed by atoms with Crippen LogP contribution < -0.4 is 0 Å². The molecule has 0 heterocycles. The smallest absolute Gasteiger partial charge is 0.127 e. The van der Waals surface area contributed by atoms with E-state index in [1.165, 1.54) is 16.7 Å². The lowest BCUT2D eigenvalue weighted by molar-refractivity contribution is 0.466. The van der Waals surface area contributed by atoms with Gasteiger partial charge in [0.25, 0.3) is 0 Å². The Morgan fingerprint density at radius 3 is 2.00 bits per heavy atom. The monoisotopic (exact) mass is 265 g/mol. The van der Waals surface area contributed by atoms with E-state index in [0.29, 0.717) is 5.75 Å². The Labute approximate surface area is 119 Å². The number of nitrogens with zero attached hydrogens (tertiary/aromatic N) is 1. The van der Waals surface area contributed by atoms with Gasteiger partial charge in [0.05, 0.1) is 0 Å². The molecule has 4 aliphatic rings. The van der Waals surface area contributed by atoms with Crippen molar-refractivity contribution in [3.8, 4) is 5.75 Å². The predicted molar refractivity (Wildman–Crippen MR) is 82.9 cm³/mol. The minimum Gasteiger partial charge on any atom is -0.507 e. The lowest BCUT2D eigenvalue weighted by atomic mass is 9.93. The van der Waals surface area contributed by atoms with Crippen molar-refractivity contribution < 1.29 is 5.11 Å². The Kier molecular flexibility index (Phi) is 3.55. The molecule has 6 rings (SSSR count). The van der Waals surface area contributed by atoms with Crippen LogP contribution in [0.15, 0.2) is 41.4 Å². The summed E-state index contributed by atoms with van der Waals surface area (Å²) >= 11 is 0. The zero-order valence-corrected chi connectivity index (χ0v) is 11.8. The molecule has 0 spiro atoms. The van der Waals surface area contributed by atoms with Crippen LogP contribution in [0.1, 0.15) is 27.8 Å². The maximum absolute atomic E-state index is 10.5. The molecule has 0 saturated heterocycles. The minimum atomic E-state index is 0.406. The van der Waals surface area contributed by atoms with Crippen LogP contribution in [-0.2, 0) is 25.7 Å². The molecule has 2 aromatic rings. The number of phenolic OH excluding ortho intramolecular Hbond substituents is 1. The number of aromatic hydroxyl groups is 1. The van der Waals surface area contributed by atoms with Crippen LogP contribution >= 0.6 is 0 Å². The molecule has 2 heteroatoms. The third kappa shape index (κ3) is 2.46. The topological polar surface area (TPSA) is 32.6 Å². The van der Waals surface area contributed by atoms with Crippen molar-refractivity contribution in [1.82, 2.24) is 0 Å². The highest BCUT2D eigenvalue weighted by atomic mass is 16.3. The molecule has 0 aromatic heterocycles. The van der Waals surface area contributed by atoms with Gasteiger partial charge >= 0.3 is 0 Å². The van der Waals surface area contributed by atoms with E-state index in [4.69, 9.17) is 0 Å². The number of phenols is 1. The van der Waals surface area contributed by atoms with Crippen LogP contribution in [0.4, 0.5) is 0 Å². The van der Waals surface area contributed by atoms with Crippen LogP contribution in [0, 0.1) is 0 Å². The SMILES string of the molecule is CN=Cc1c2ccc(c1O)CCc1ccc(cc1)CC2. The fourth-order valence-electron chi connectivity index (χ4n) is 2.82. The first kappa shape index (κ1) is 12.9. The molecule has 0 aliphatic heterocycles. The van der Waals surface area contributed by atoms with E-state index in [0.717, 1.165) is 36.8 Å². The average molecular weight is 265 g/mol. The van der Waals surface area contributed by atoms with Crippen molar-refractivity contribution >= 4 is 6.21 Å². The van der Waals surface area contributed by atoms with Gasteiger partial charge in [-0.3, -0.25) is 4.99 Å². The first-order chi connectivity index (χ1) is 9.78. The second-order valence-corrected chi connectivity index (χ2v) is 5.35. The second kappa shape index (κ2) is 5.49. The van der Waals surface area contributed by atoms with Gasteiger partial charge in [0.1, 0.15) is 5.75 Å². The zero-order valence-electron chi connectivity index (χ0n) is 11.8. The number of hydrogen-bond acceptors (Lipinski definition) is 2. The van der Waals surface area contributed by atoms with Crippen LogP contribution in [0.3, 0.4) is 0 Å². The Morgan fingerprint density at radius 2 is 1.40 bits per heavy atom. The van der Waals surface area contributed by atoms with E-state index in [-0.39, 0.29) is 0 Å². The van der Waals surface area contributed by atoms with Gasteiger partial charge in [-0.15, -0.1) is 0 Å². The number of hydrogen-bond donors (Lipinski definition) is 1. The standard InChI is InChI=1S/C18H19NO/c1-19-12-17-15-8-6-13-2-4-14(5-3-13)7-9-16(11-10-15)18(17)20/h2-5,10-12,20H,6-9H2,1H3. The Balaban J connectivity index is 2.08. The van der Waals surface area contributed by atoms with Crippen molar-refractivity contribution in [2.24, 2.45) is 4.99 Å². The maximum Gasteiger partial charge on any atom is 0.127 e. The maximum atomic E-state index is 10.5. The van der Waals surface area contributed by atoms with Gasteiger partial charge in [-0.2, -0.15) is 0 Å². The summed E-state index contributed by atoms with van der Waals surface area (Å²) in [5.74, 6) is 0.406. The van der Waals surface area contributed by atoms with E-state index >= 15 is 0 Å². The van der Waals surface area contributed by atoms with E-state index in [1.54, 1.807) is 13.3 Å². The molecule has 0 unspecified atom stereocenters. The molecule has 0 amide bonds. The summed E-state index contributed by atoms with van der Waals surface area (Å²) in [5, 5.41) is 10.5. The predicted octanol–water partition coefficient (Wildman–Crippen LogP) is 3.32. The number of aliphatic imine (C=N–C) groups is 1. The van der Waals surface area contributed by atoms with Crippen molar-refractivity contribution in [2.75, 3.05) is 7.05 Å². The molecule has 1 N–H and O–H groups in total. The van der Waals surface area contributed by atoms with Gasteiger partial charge < -0.3 is 5.11 Å². The average Bonchev–Trinajstić information content (AvgIpc) is 2.46. The van der Waals surface area contributed by atoms with Gasteiger partial charge in [-0.1, -0.05) is 36.4 Å². The third-order valence-corrected chi connectivity index (χ3v) is 4.04. The summed E-state index contributed by atoms with van der Waals surface area (Å²) in [6.45, 7) is 0. The first-order valence-electron chi connectivity index (χ1n) is 7.11. The minimum absolute atomic E-state index is 0.406. The van der Waals surface area contributed by atoms with Crippen molar-refractivity contribution in [1.29, 1.82) is 0 Å². The van der Waals surface area contributed by atoms with Gasteiger partial charge in [0.15, 0.2) is 0 Å². The van der Waals surface area contributed by atoms with E-state index in [2.05, 4.69) is 41.4 Å². The van der Waals surface area contributed by atoms with Crippen LogP contribution in [0.5, 0.6) is 5.75 Å². The summed E-state index contributed by atoms with van der Waals surface area (Å²) in [5.41, 5.74) is 5.73. The Hall–Kier alpha value is -2.09. The zero-order chi connectivity index (χ0) is 13.9. The van der Waals surface area contributed by atoms with Gasteiger partial charge in [-0.25, -0.2) is 0 Å². The fourth-order valence-corrected chi connectivity index (χ4v) is 2.82. The van der Waals surface area contributed by atoms with Crippen molar-refractivity contribution in [3.05, 3.63) is 64.2 Å². The Bertz CT molecular complexity index is 641. The molecule has 0 fully saturated rings. The molecule has 0 radical (unpaired) electrons. The normalized spacial score (nSPS) is 14.4. The molecule has 4 aliphatic carbocycles. The Morgan fingerprint density at radius 1 is 0.850 bits per heavy atom. The first-order valence-corrected chi connectivity index (χ1v) is 7.11. The molecular weight excluding hydrogens is 246 g/mol. The summed E-state index contributed by atoms with van der Waals surface area (Å²) in [6, 6.07) is 13.0. The lowest BCUT2D eigenvalue weighted by Gasteiger charge is -2.14. The molecule has 2 aromatic carbocycles. The summed E-state index contributed by atoms with van der Waals surface area (Å²) in [6.07, 6.45) is 5.51. The molecule has 0 saturated carbocycles. The summed E-state index contributed by atoms with van der Waals surface area (Å²) in [4.78, 5) is 4.09. The van der Waals surface area contributed by atoms with Gasteiger partial charge in [0, 0.05) is 18.8 Å². The van der Waals surface area contributed by atoms with Crippen LogP contribution in [0.2, 0.25) is 0 Å². The summed E-state index contributed by atoms with van der Waals surface area (Å²) in [7, 11) is 1.75.